The van der Waals surface area contributed by atoms with Crippen LogP contribution in [-0.2, 0) is 11.3 Å². The Morgan fingerprint density at radius 2 is 1.92 bits per heavy atom. The molecule has 0 bridgehead atoms. The van der Waals surface area contributed by atoms with Crippen LogP contribution in [0.15, 0.2) is 48.8 Å². The van der Waals surface area contributed by atoms with Crippen molar-refractivity contribution >= 4 is 12.0 Å². The van der Waals surface area contributed by atoms with Crippen molar-refractivity contribution in [3.8, 4) is 11.5 Å². The number of rotatable bonds is 8. The molecule has 0 saturated carbocycles. The van der Waals surface area contributed by atoms with Crippen molar-refractivity contribution in [2.24, 2.45) is 0 Å². The molecule has 5 nitrogen and oxygen atoms in total. The average Bonchev–Trinajstić information content (AvgIpc) is 2.59. The van der Waals surface area contributed by atoms with Crippen molar-refractivity contribution in [3.05, 3.63) is 59.9 Å². The summed E-state index contributed by atoms with van der Waals surface area (Å²) in [4.78, 5) is 15.7. The molecule has 0 saturated heterocycles. The summed E-state index contributed by atoms with van der Waals surface area (Å²) in [6, 6.07) is 6.76. The van der Waals surface area contributed by atoms with Crippen LogP contribution in [0, 0.1) is 0 Å². The standard InChI is InChI=1S/C17H14F4N2O3/c18-16(19)25-13-5-3-12(14(8-13)26-17(20)21)4-6-15(24)23-10-11-2-1-7-22-9-11/h1-9,16-17H,10H2,(H,23,24)/b6-4+. The molecule has 0 aliphatic rings. The summed E-state index contributed by atoms with van der Waals surface area (Å²) in [5, 5.41) is 2.59. The number of carbonyl (C=O) groups excluding carboxylic acids is 1. The minimum absolute atomic E-state index is 0.100. The normalized spacial score (nSPS) is 11.2. The van der Waals surface area contributed by atoms with Crippen molar-refractivity contribution in [1.82, 2.24) is 10.3 Å². The number of alkyl halides is 4. The number of pyridine rings is 1. The summed E-state index contributed by atoms with van der Waals surface area (Å²) in [6.07, 6.45) is 5.51. The second kappa shape index (κ2) is 9.40. The van der Waals surface area contributed by atoms with Crippen LogP contribution in [0.3, 0.4) is 0 Å². The van der Waals surface area contributed by atoms with Crippen LogP contribution in [0.2, 0.25) is 0 Å². The molecule has 0 aliphatic carbocycles. The maximum Gasteiger partial charge on any atom is 0.387 e. The van der Waals surface area contributed by atoms with Gasteiger partial charge >= 0.3 is 13.2 Å². The van der Waals surface area contributed by atoms with Gasteiger partial charge in [-0.1, -0.05) is 6.07 Å². The topological polar surface area (TPSA) is 60.5 Å². The van der Waals surface area contributed by atoms with Gasteiger partial charge in [-0.05, 0) is 29.8 Å². The number of hydrogen-bond donors (Lipinski definition) is 1. The van der Waals surface area contributed by atoms with E-state index in [-0.39, 0.29) is 17.9 Å². The molecule has 1 amide bonds. The molecule has 0 unspecified atom stereocenters. The number of halogens is 4. The van der Waals surface area contributed by atoms with Gasteiger partial charge in [-0.3, -0.25) is 9.78 Å². The Labute approximate surface area is 146 Å². The number of hydrogen-bond acceptors (Lipinski definition) is 4. The van der Waals surface area contributed by atoms with Crippen molar-refractivity contribution in [2.45, 2.75) is 19.8 Å². The van der Waals surface area contributed by atoms with Gasteiger partial charge in [-0.15, -0.1) is 0 Å². The van der Waals surface area contributed by atoms with Gasteiger partial charge in [0.25, 0.3) is 0 Å². The lowest BCUT2D eigenvalue weighted by Gasteiger charge is -2.11. The van der Waals surface area contributed by atoms with E-state index in [4.69, 9.17) is 0 Å². The van der Waals surface area contributed by atoms with E-state index < -0.39 is 24.9 Å². The summed E-state index contributed by atoms with van der Waals surface area (Å²) >= 11 is 0. The van der Waals surface area contributed by atoms with Crippen LogP contribution in [0.5, 0.6) is 11.5 Å². The van der Waals surface area contributed by atoms with E-state index in [0.29, 0.717) is 0 Å². The van der Waals surface area contributed by atoms with Gasteiger partial charge in [0.1, 0.15) is 11.5 Å². The second-order valence-electron chi connectivity index (χ2n) is 4.87. The van der Waals surface area contributed by atoms with Crippen LogP contribution in [-0.4, -0.2) is 24.1 Å². The van der Waals surface area contributed by atoms with Crippen LogP contribution in [0.1, 0.15) is 11.1 Å². The van der Waals surface area contributed by atoms with E-state index in [9.17, 15) is 22.4 Å². The summed E-state index contributed by atoms with van der Waals surface area (Å²) in [7, 11) is 0. The zero-order chi connectivity index (χ0) is 18.9. The Bertz CT molecular complexity index is 755. The van der Waals surface area contributed by atoms with Crippen molar-refractivity contribution in [2.75, 3.05) is 0 Å². The van der Waals surface area contributed by atoms with Gasteiger partial charge in [-0.2, -0.15) is 17.6 Å². The summed E-state index contributed by atoms with van der Waals surface area (Å²) in [5.74, 6) is -1.21. The van der Waals surface area contributed by atoms with Crippen LogP contribution in [0.25, 0.3) is 6.08 Å². The number of aromatic nitrogens is 1. The quantitative estimate of drug-likeness (QED) is 0.570. The highest BCUT2D eigenvalue weighted by Crippen LogP contribution is 2.28. The largest absolute Gasteiger partial charge is 0.435 e. The number of nitrogens with zero attached hydrogens (tertiary/aromatic N) is 1. The van der Waals surface area contributed by atoms with Crippen LogP contribution >= 0.6 is 0 Å². The third kappa shape index (κ3) is 6.42. The predicted molar refractivity (Wildman–Crippen MR) is 84.8 cm³/mol. The predicted octanol–water partition coefficient (Wildman–Crippen LogP) is 3.61. The molecule has 2 rings (SSSR count). The second-order valence-corrected chi connectivity index (χ2v) is 4.87. The van der Waals surface area contributed by atoms with Gasteiger partial charge in [0.05, 0.1) is 0 Å². The van der Waals surface area contributed by atoms with E-state index >= 15 is 0 Å². The Morgan fingerprint density at radius 3 is 2.58 bits per heavy atom. The fourth-order valence-electron chi connectivity index (χ4n) is 1.94. The number of nitrogens with one attached hydrogen (secondary N) is 1. The lowest BCUT2D eigenvalue weighted by molar-refractivity contribution is -0.116. The lowest BCUT2D eigenvalue weighted by Crippen LogP contribution is -2.20. The van der Waals surface area contributed by atoms with Crippen molar-refractivity contribution < 1.29 is 31.8 Å². The summed E-state index contributed by atoms with van der Waals surface area (Å²) in [5.41, 5.74) is 0.882. The molecular formula is C17H14F4N2O3. The van der Waals surface area contributed by atoms with E-state index in [1.165, 1.54) is 12.1 Å². The minimum Gasteiger partial charge on any atom is -0.435 e. The van der Waals surface area contributed by atoms with Gasteiger partial charge < -0.3 is 14.8 Å². The van der Waals surface area contributed by atoms with Gasteiger partial charge in [0.15, 0.2) is 0 Å². The van der Waals surface area contributed by atoms with E-state index in [1.54, 1.807) is 24.5 Å². The third-order valence-corrected chi connectivity index (χ3v) is 3.03. The van der Waals surface area contributed by atoms with Gasteiger partial charge in [0, 0.05) is 36.6 Å². The molecule has 0 radical (unpaired) electrons. The zero-order valence-corrected chi connectivity index (χ0v) is 13.2. The van der Waals surface area contributed by atoms with E-state index in [2.05, 4.69) is 19.8 Å². The minimum atomic E-state index is -3.16. The smallest absolute Gasteiger partial charge is 0.387 e. The fraction of sp³-hybridized carbons (Fsp3) is 0.176. The molecule has 1 heterocycles. The molecule has 1 aromatic heterocycles. The van der Waals surface area contributed by atoms with Crippen LogP contribution in [0.4, 0.5) is 17.6 Å². The molecule has 2 aromatic rings. The lowest BCUT2D eigenvalue weighted by atomic mass is 10.1. The third-order valence-electron chi connectivity index (χ3n) is 3.03. The monoisotopic (exact) mass is 370 g/mol. The summed E-state index contributed by atoms with van der Waals surface area (Å²) in [6.45, 7) is -6.03. The molecule has 0 spiro atoms. The molecule has 0 atom stereocenters. The molecular weight excluding hydrogens is 356 g/mol. The van der Waals surface area contributed by atoms with Crippen LogP contribution < -0.4 is 14.8 Å². The van der Waals surface area contributed by atoms with Gasteiger partial charge in [0.2, 0.25) is 5.91 Å². The molecule has 26 heavy (non-hydrogen) atoms. The molecule has 1 aromatic carbocycles. The first-order chi connectivity index (χ1) is 12.4. The number of ether oxygens (including phenoxy) is 2. The first-order valence-corrected chi connectivity index (χ1v) is 7.32. The first-order valence-electron chi connectivity index (χ1n) is 7.32. The maximum absolute atomic E-state index is 12.5. The Kier molecular flexibility index (Phi) is 6.95. The maximum atomic E-state index is 12.5. The Hall–Kier alpha value is -3.10. The highest BCUT2D eigenvalue weighted by atomic mass is 19.3. The van der Waals surface area contributed by atoms with Crippen molar-refractivity contribution in [3.63, 3.8) is 0 Å². The van der Waals surface area contributed by atoms with E-state index in [1.807, 2.05) is 0 Å². The number of benzene rings is 1. The molecule has 1 N–H and O–H groups in total. The van der Waals surface area contributed by atoms with E-state index in [0.717, 1.165) is 23.8 Å². The molecule has 138 valence electrons. The van der Waals surface area contributed by atoms with Crippen molar-refractivity contribution in [1.29, 1.82) is 0 Å². The Morgan fingerprint density at radius 1 is 1.15 bits per heavy atom. The highest BCUT2D eigenvalue weighted by molar-refractivity contribution is 5.92. The molecule has 0 fully saturated rings. The number of carbonyl (C=O) groups is 1. The summed E-state index contributed by atoms with van der Waals surface area (Å²) < 4.78 is 57.8. The molecule has 0 aliphatic heterocycles. The fourth-order valence-corrected chi connectivity index (χ4v) is 1.94. The highest BCUT2D eigenvalue weighted by Gasteiger charge is 2.12. The zero-order valence-electron chi connectivity index (χ0n) is 13.2. The van der Waals surface area contributed by atoms with Gasteiger partial charge in [-0.25, -0.2) is 0 Å². The molecule has 9 heteroatoms. The SMILES string of the molecule is O=C(/C=C/c1ccc(OC(F)F)cc1OC(F)F)NCc1cccnc1. The first kappa shape index (κ1) is 19.2. The Balaban J connectivity index is 2.05. The average molecular weight is 370 g/mol. The number of amides is 1.